The number of halogens is 1. The molecule has 0 unspecified atom stereocenters. The van der Waals surface area contributed by atoms with Gasteiger partial charge >= 0.3 is 30.4 Å². The van der Waals surface area contributed by atoms with Gasteiger partial charge in [-0.1, -0.05) is 0 Å². The molecule has 0 aliphatic heterocycles. The van der Waals surface area contributed by atoms with Gasteiger partial charge in [0.1, 0.15) is 0 Å². The molecule has 0 saturated heterocycles. The van der Waals surface area contributed by atoms with Gasteiger partial charge in [-0.3, -0.25) is 0 Å². The van der Waals surface area contributed by atoms with Crippen LogP contribution in [0.2, 0.25) is 0 Å². The van der Waals surface area contributed by atoms with E-state index in [4.69, 9.17) is 15.1 Å². The Bertz CT molecular complexity index is 19.7. The molecule has 0 amide bonds. The molecule has 7 heteroatoms. The molecular formula is H6BClFeMgO3. The average Bonchev–Trinajstić information content (AvgIpc) is 0.811. The predicted octanol–water partition coefficient (Wildman–Crippen LogP) is -2.55. The Morgan fingerprint density at radius 2 is 1.00 bits per heavy atom. The molecule has 0 saturated carbocycles. The van der Waals surface area contributed by atoms with Crippen LogP contribution in [0.25, 0.3) is 0 Å². The molecule has 0 aliphatic carbocycles. The Labute approximate surface area is 74.7 Å². The minimum absolute atomic E-state index is 0. The van der Waals surface area contributed by atoms with Crippen LogP contribution in [0.15, 0.2) is 0 Å². The van der Waals surface area contributed by atoms with Crippen LogP contribution in [0, 0.1) is 0 Å². The van der Waals surface area contributed by atoms with Crippen molar-refractivity contribution in [3.05, 3.63) is 0 Å². The van der Waals surface area contributed by atoms with E-state index in [0.717, 1.165) is 0 Å². The van der Waals surface area contributed by atoms with E-state index in [1.165, 1.54) is 0 Å². The average molecular weight is 180 g/mol. The van der Waals surface area contributed by atoms with Crippen molar-refractivity contribution in [3.8, 4) is 0 Å². The first kappa shape index (κ1) is 23.6. The number of hydrogen-bond acceptors (Lipinski definition) is 3. The Morgan fingerprint density at radius 3 is 1.00 bits per heavy atom. The van der Waals surface area contributed by atoms with E-state index in [2.05, 4.69) is 0 Å². The second-order valence-corrected chi connectivity index (χ2v) is 0.346. The standard InChI is InChI=1S/BH3O3.ClH.Fe.Mg.2H/c2-1(3)4;;;;;/h2-4H;1H;;;;. The van der Waals surface area contributed by atoms with Crippen molar-refractivity contribution < 1.29 is 32.1 Å². The van der Waals surface area contributed by atoms with Gasteiger partial charge in [-0.25, -0.2) is 0 Å². The van der Waals surface area contributed by atoms with Gasteiger partial charge in [0.25, 0.3) is 0 Å². The van der Waals surface area contributed by atoms with Gasteiger partial charge in [0, 0.05) is 17.1 Å². The summed E-state index contributed by atoms with van der Waals surface area (Å²) in [6.07, 6.45) is 0. The van der Waals surface area contributed by atoms with E-state index in [1.54, 1.807) is 0 Å². The van der Waals surface area contributed by atoms with Gasteiger partial charge in [0.05, 0.1) is 0 Å². The second-order valence-electron chi connectivity index (χ2n) is 0.346. The maximum Gasteiger partial charge on any atom is 0.631 e. The molecule has 0 rings (SSSR count). The van der Waals surface area contributed by atoms with E-state index < -0.39 is 7.32 Å². The largest absolute Gasteiger partial charge is 0.631 e. The first-order valence-electron chi connectivity index (χ1n) is 0.775. The normalized spacial score (nSPS) is 3.86. The van der Waals surface area contributed by atoms with Crippen molar-refractivity contribution >= 4 is 42.8 Å². The summed E-state index contributed by atoms with van der Waals surface area (Å²) in [6.45, 7) is 0. The Balaban J connectivity index is -0.0000000150. The van der Waals surface area contributed by atoms with Crippen LogP contribution in [0.4, 0.5) is 0 Å². The topological polar surface area (TPSA) is 60.7 Å². The van der Waals surface area contributed by atoms with Crippen molar-refractivity contribution in [2.45, 2.75) is 0 Å². The van der Waals surface area contributed by atoms with Crippen LogP contribution < -0.4 is 0 Å². The predicted molar refractivity (Wildman–Crippen MR) is 28.2 cm³/mol. The fourth-order valence-electron chi connectivity index (χ4n) is 0. The third-order valence-corrected chi connectivity index (χ3v) is 0. The molecular weight excluding hydrogens is 174 g/mol. The van der Waals surface area contributed by atoms with Crippen LogP contribution in [-0.2, 0) is 17.1 Å². The third kappa shape index (κ3) is 99.1. The van der Waals surface area contributed by atoms with Gasteiger partial charge < -0.3 is 15.1 Å². The van der Waals surface area contributed by atoms with E-state index in [9.17, 15) is 0 Å². The van der Waals surface area contributed by atoms with E-state index in [-0.39, 0.29) is 52.5 Å². The van der Waals surface area contributed by atoms with Crippen molar-refractivity contribution in [1.29, 1.82) is 0 Å². The molecule has 0 bridgehead atoms. The molecule has 0 aliphatic rings. The van der Waals surface area contributed by atoms with Gasteiger partial charge in [0.15, 0.2) is 0 Å². The van der Waals surface area contributed by atoms with Crippen molar-refractivity contribution in [2.75, 3.05) is 0 Å². The van der Waals surface area contributed by atoms with Crippen LogP contribution in [0.3, 0.4) is 0 Å². The number of hydrogen-bond donors (Lipinski definition) is 3. The SMILES string of the molecule is Cl.OB(O)O.[Fe].[MgH2]. The second kappa shape index (κ2) is 15.6. The van der Waals surface area contributed by atoms with Crippen molar-refractivity contribution in [1.82, 2.24) is 0 Å². The molecule has 3 N–H and O–H groups in total. The first-order chi connectivity index (χ1) is 1.73. The summed E-state index contributed by atoms with van der Waals surface area (Å²) in [5, 5.41) is 21.5. The minimum atomic E-state index is -2.17. The van der Waals surface area contributed by atoms with Crippen LogP contribution in [0.5, 0.6) is 0 Å². The number of rotatable bonds is 0. The summed E-state index contributed by atoms with van der Waals surface area (Å²) in [5.74, 6) is 0. The molecule has 44 valence electrons. The van der Waals surface area contributed by atoms with Gasteiger partial charge in [-0.05, 0) is 0 Å². The Kier molecular flexibility index (Phi) is 52.7. The molecule has 0 fully saturated rings. The molecule has 0 aromatic carbocycles. The molecule has 0 heterocycles. The van der Waals surface area contributed by atoms with Crippen molar-refractivity contribution in [2.24, 2.45) is 0 Å². The molecule has 0 aromatic rings. The van der Waals surface area contributed by atoms with Gasteiger partial charge in [-0.15, -0.1) is 12.4 Å². The van der Waals surface area contributed by atoms with Crippen LogP contribution in [-0.4, -0.2) is 45.4 Å². The van der Waals surface area contributed by atoms with Gasteiger partial charge in [-0.2, -0.15) is 0 Å². The monoisotopic (exact) mass is 180 g/mol. The van der Waals surface area contributed by atoms with Crippen LogP contribution >= 0.6 is 12.4 Å². The zero-order valence-corrected chi connectivity index (χ0v) is 4.60. The van der Waals surface area contributed by atoms with Crippen molar-refractivity contribution in [3.63, 3.8) is 0 Å². The maximum atomic E-state index is 7.17. The minimum Gasteiger partial charge on any atom is -0.402 e. The van der Waals surface area contributed by atoms with E-state index in [0.29, 0.717) is 0 Å². The van der Waals surface area contributed by atoms with E-state index >= 15 is 0 Å². The summed E-state index contributed by atoms with van der Waals surface area (Å²) in [5.41, 5.74) is 0. The maximum absolute atomic E-state index is 7.17. The fourth-order valence-corrected chi connectivity index (χ4v) is 0. The summed E-state index contributed by atoms with van der Waals surface area (Å²) >= 11 is 0. The Morgan fingerprint density at radius 1 is 1.00 bits per heavy atom. The first-order valence-corrected chi connectivity index (χ1v) is 0.775. The summed E-state index contributed by atoms with van der Waals surface area (Å²) in [4.78, 5) is 0. The molecule has 0 radical (unpaired) electrons. The van der Waals surface area contributed by atoms with Crippen LogP contribution in [0.1, 0.15) is 0 Å². The molecule has 0 aromatic heterocycles. The van der Waals surface area contributed by atoms with E-state index in [1.807, 2.05) is 0 Å². The zero-order valence-electron chi connectivity index (χ0n) is 2.68. The van der Waals surface area contributed by atoms with Gasteiger partial charge in [0.2, 0.25) is 0 Å². The third-order valence-electron chi connectivity index (χ3n) is 0. The molecule has 0 atom stereocenters. The Hall–Kier alpha value is 1.52. The quantitative estimate of drug-likeness (QED) is 0.360. The smallest absolute Gasteiger partial charge is 0.402 e. The fraction of sp³-hybridized carbons (Fsp3) is 0. The summed E-state index contributed by atoms with van der Waals surface area (Å²) in [7, 11) is -2.17. The molecule has 7 heavy (non-hydrogen) atoms. The molecule has 3 nitrogen and oxygen atoms in total. The summed E-state index contributed by atoms with van der Waals surface area (Å²) in [6, 6.07) is 0. The zero-order chi connectivity index (χ0) is 3.58. The molecule has 0 spiro atoms. The summed E-state index contributed by atoms with van der Waals surface area (Å²) < 4.78 is 0.